The lowest BCUT2D eigenvalue weighted by molar-refractivity contribution is -0.109. The van der Waals surface area contributed by atoms with Crippen molar-refractivity contribution in [1.29, 1.82) is 0 Å². The SMILES string of the molecule is CC(C)S(=O)(=O)NCCCCCNc1cccc(OCC=O)c1. The molecule has 0 aromatic heterocycles. The molecule has 0 radical (unpaired) electrons. The first-order chi connectivity index (χ1) is 11.0. The number of carbonyl (C=O) groups excluding carboxylic acids is 1. The number of hydrogen-bond acceptors (Lipinski definition) is 5. The van der Waals surface area contributed by atoms with Gasteiger partial charge in [0.05, 0.1) is 5.25 Å². The van der Waals surface area contributed by atoms with Gasteiger partial charge in [-0.2, -0.15) is 0 Å². The molecule has 7 heteroatoms. The van der Waals surface area contributed by atoms with Gasteiger partial charge in [-0.15, -0.1) is 0 Å². The third-order valence-corrected chi connectivity index (χ3v) is 5.11. The van der Waals surface area contributed by atoms with E-state index >= 15 is 0 Å². The first-order valence-electron chi connectivity index (χ1n) is 7.84. The summed E-state index contributed by atoms with van der Waals surface area (Å²) < 4.78 is 30.9. The second kappa shape index (κ2) is 10.2. The van der Waals surface area contributed by atoms with Crippen LogP contribution in [0.2, 0.25) is 0 Å². The summed E-state index contributed by atoms with van der Waals surface area (Å²) in [7, 11) is -3.15. The highest BCUT2D eigenvalue weighted by atomic mass is 32.2. The van der Waals surface area contributed by atoms with Crippen LogP contribution in [0.15, 0.2) is 24.3 Å². The Labute approximate surface area is 138 Å². The van der Waals surface area contributed by atoms with E-state index in [0.717, 1.165) is 31.5 Å². The number of nitrogens with one attached hydrogen (secondary N) is 2. The molecule has 0 spiro atoms. The number of rotatable bonds is 12. The topological polar surface area (TPSA) is 84.5 Å². The molecule has 0 amide bonds. The molecular formula is C16H26N2O4S. The molecule has 1 rings (SSSR count). The minimum Gasteiger partial charge on any atom is -0.486 e. The Morgan fingerprint density at radius 1 is 1.17 bits per heavy atom. The van der Waals surface area contributed by atoms with E-state index in [0.29, 0.717) is 18.6 Å². The van der Waals surface area contributed by atoms with Crippen LogP contribution in [0, 0.1) is 0 Å². The molecule has 1 aromatic rings. The Morgan fingerprint density at radius 2 is 1.91 bits per heavy atom. The predicted octanol–water partition coefficient (Wildman–Crippen LogP) is 2.17. The van der Waals surface area contributed by atoms with Gasteiger partial charge in [0.2, 0.25) is 10.0 Å². The van der Waals surface area contributed by atoms with E-state index in [1.54, 1.807) is 19.9 Å². The van der Waals surface area contributed by atoms with Gasteiger partial charge in [0.15, 0.2) is 6.29 Å². The fourth-order valence-electron chi connectivity index (χ4n) is 1.87. The second-order valence-electron chi connectivity index (χ2n) is 5.48. The minimum atomic E-state index is -3.15. The summed E-state index contributed by atoms with van der Waals surface area (Å²) in [5.74, 6) is 0.658. The van der Waals surface area contributed by atoms with Crippen molar-refractivity contribution in [2.24, 2.45) is 0 Å². The predicted molar refractivity (Wildman–Crippen MR) is 92.4 cm³/mol. The van der Waals surface area contributed by atoms with Crippen molar-refractivity contribution in [1.82, 2.24) is 4.72 Å². The van der Waals surface area contributed by atoms with E-state index in [1.807, 2.05) is 18.2 Å². The zero-order valence-corrected chi connectivity index (χ0v) is 14.6. The molecule has 130 valence electrons. The highest BCUT2D eigenvalue weighted by Crippen LogP contribution is 2.17. The van der Waals surface area contributed by atoms with Crippen molar-refractivity contribution in [2.75, 3.05) is 25.0 Å². The third kappa shape index (κ3) is 7.99. The van der Waals surface area contributed by atoms with E-state index in [9.17, 15) is 13.2 Å². The maximum atomic E-state index is 11.6. The van der Waals surface area contributed by atoms with Crippen molar-refractivity contribution in [2.45, 2.75) is 38.4 Å². The minimum absolute atomic E-state index is 0.0513. The number of hydrogen-bond donors (Lipinski definition) is 2. The van der Waals surface area contributed by atoms with Gasteiger partial charge in [-0.1, -0.05) is 12.5 Å². The Bertz CT molecular complexity index is 573. The summed E-state index contributed by atoms with van der Waals surface area (Å²) in [6.45, 7) is 4.66. The lowest BCUT2D eigenvalue weighted by Gasteiger charge is -2.10. The summed E-state index contributed by atoms with van der Waals surface area (Å²) in [6.07, 6.45) is 3.42. The summed E-state index contributed by atoms with van der Waals surface area (Å²) in [6, 6.07) is 7.45. The van der Waals surface area contributed by atoms with Gasteiger partial charge >= 0.3 is 0 Å². The molecule has 0 aliphatic carbocycles. The van der Waals surface area contributed by atoms with Gasteiger partial charge in [-0.3, -0.25) is 4.79 Å². The Balaban J connectivity index is 2.17. The number of aldehydes is 1. The quantitative estimate of drug-likeness (QED) is 0.449. The molecule has 6 nitrogen and oxygen atoms in total. The highest BCUT2D eigenvalue weighted by molar-refractivity contribution is 7.90. The molecule has 1 aromatic carbocycles. The monoisotopic (exact) mass is 342 g/mol. The molecule has 0 aliphatic heterocycles. The number of ether oxygens (including phenoxy) is 1. The molecule has 0 fully saturated rings. The number of anilines is 1. The van der Waals surface area contributed by atoms with E-state index in [2.05, 4.69) is 10.0 Å². The smallest absolute Gasteiger partial charge is 0.213 e. The zero-order valence-electron chi connectivity index (χ0n) is 13.7. The van der Waals surface area contributed by atoms with Gasteiger partial charge < -0.3 is 10.1 Å². The fraction of sp³-hybridized carbons (Fsp3) is 0.562. The van der Waals surface area contributed by atoms with E-state index in [4.69, 9.17) is 4.74 Å². The van der Waals surface area contributed by atoms with Crippen LogP contribution in [0.3, 0.4) is 0 Å². The average molecular weight is 342 g/mol. The van der Waals surface area contributed by atoms with E-state index in [1.165, 1.54) is 0 Å². The zero-order chi connectivity index (χ0) is 17.1. The van der Waals surface area contributed by atoms with Crippen LogP contribution >= 0.6 is 0 Å². The first kappa shape index (κ1) is 19.4. The number of unbranched alkanes of at least 4 members (excludes halogenated alkanes) is 2. The van der Waals surface area contributed by atoms with Crippen LogP contribution in [-0.2, 0) is 14.8 Å². The molecule has 0 bridgehead atoms. The van der Waals surface area contributed by atoms with Crippen LogP contribution in [0.4, 0.5) is 5.69 Å². The standard InChI is InChI=1S/C16H26N2O4S/c1-14(2)23(20,21)18-10-5-3-4-9-17-15-7-6-8-16(13-15)22-12-11-19/h6-8,11,13-14,17-18H,3-5,9-10,12H2,1-2H3. The maximum absolute atomic E-state index is 11.6. The lowest BCUT2D eigenvalue weighted by Crippen LogP contribution is -2.31. The van der Waals surface area contributed by atoms with E-state index in [-0.39, 0.29) is 6.61 Å². The number of carbonyl (C=O) groups is 1. The van der Waals surface area contributed by atoms with Crippen LogP contribution in [0.1, 0.15) is 33.1 Å². The number of benzene rings is 1. The Kier molecular flexibility index (Phi) is 8.65. The molecule has 2 N–H and O–H groups in total. The van der Waals surface area contributed by atoms with Crippen LogP contribution in [0.5, 0.6) is 5.75 Å². The van der Waals surface area contributed by atoms with Crippen molar-refractivity contribution < 1.29 is 17.9 Å². The molecule has 0 saturated heterocycles. The normalized spacial score (nSPS) is 11.4. The summed E-state index contributed by atoms with van der Waals surface area (Å²) >= 11 is 0. The third-order valence-electron chi connectivity index (χ3n) is 3.26. The Morgan fingerprint density at radius 3 is 2.61 bits per heavy atom. The summed E-state index contributed by atoms with van der Waals surface area (Å²) in [4.78, 5) is 10.3. The Hall–Kier alpha value is -1.60. The molecular weight excluding hydrogens is 316 g/mol. The highest BCUT2D eigenvalue weighted by Gasteiger charge is 2.13. The summed E-state index contributed by atoms with van der Waals surface area (Å²) in [5.41, 5.74) is 0.939. The lowest BCUT2D eigenvalue weighted by atomic mass is 10.2. The second-order valence-corrected chi connectivity index (χ2v) is 7.80. The first-order valence-corrected chi connectivity index (χ1v) is 9.39. The van der Waals surface area contributed by atoms with Crippen LogP contribution < -0.4 is 14.8 Å². The fourth-order valence-corrected chi connectivity index (χ4v) is 2.63. The van der Waals surface area contributed by atoms with Gasteiger partial charge in [-0.25, -0.2) is 13.1 Å². The molecule has 0 heterocycles. The van der Waals surface area contributed by atoms with Crippen molar-refractivity contribution in [3.05, 3.63) is 24.3 Å². The van der Waals surface area contributed by atoms with E-state index < -0.39 is 15.3 Å². The van der Waals surface area contributed by atoms with Crippen LogP contribution in [-0.4, -0.2) is 39.7 Å². The molecule has 0 unspecified atom stereocenters. The largest absolute Gasteiger partial charge is 0.486 e. The van der Waals surface area contributed by atoms with Gasteiger partial charge in [-0.05, 0) is 38.8 Å². The molecule has 0 aliphatic rings. The average Bonchev–Trinajstić information content (AvgIpc) is 2.52. The van der Waals surface area contributed by atoms with Crippen molar-refractivity contribution in [3.8, 4) is 5.75 Å². The van der Waals surface area contributed by atoms with Crippen LogP contribution in [0.25, 0.3) is 0 Å². The van der Waals surface area contributed by atoms with Gasteiger partial charge in [0, 0.05) is 24.8 Å². The maximum Gasteiger partial charge on any atom is 0.213 e. The molecule has 0 atom stereocenters. The van der Waals surface area contributed by atoms with Gasteiger partial charge in [0.1, 0.15) is 12.4 Å². The summed E-state index contributed by atoms with van der Waals surface area (Å²) in [5, 5.41) is 2.89. The van der Waals surface area contributed by atoms with Crippen molar-refractivity contribution >= 4 is 22.0 Å². The molecule has 23 heavy (non-hydrogen) atoms. The number of sulfonamides is 1. The van der Waals surface area contributed by atoms with Crippen molar-refractivity contribution in [3.63, 3.8) is 0 Å². The van der Waals surface area contributed by atoms with Gasteiger partial charge in [0.25, 0.3) is 0 Å². The molecule has 0 saturated carbocycles.